The molecule has 1 aliphatic heterocycles. The van der Waals surface area contributed by atoms with E-state index in [1.165, 1.54) is 12.1 Å². The van der Waals surface area contributed by atoms with Crippen molar-refractivity contribution in [3.05, 3.63) is 76.7 Å². The van der Waals surface area contributed by atoms with Gasteiger partial charge >= 0.3 is 12.4 Å². The Balaban J connectivity index is 1.44. The van der Waals surface area contributed by atoms with Gasteiger partial charge in [0.15, 0.2) is 5.54 Å². The third-order valence-corrected chi connectivity index (χ3v) is 6.06. The van der Waals surface area contributed by atoms with Crippen LogP contribution in [0.25, 0.3) is 10.9 Å². The number of halogens is 6. The predicted molar refractivity (Wildman–Crippen MR) is 108 cm³/mol. The smallest absolute Gasteiger partial charge is 0.416 e. The molecule has 10 heteroatoms. The lowest BCUT2D eigenvalue weighted by atomic mass is 9.95. The normalized spacial score (nSPS) is 20.8. The molecule has 0 saturated heterocycles. The fraction of sp³-hybridized carbons (Fsp3) is 0.304. The largest absolute Gasteiger partial charge is 0.440 e. The zero-order chi connectivity index (χ0) is 23.6. The second-order valence-corrected chi connectivity index (χ2v) is 8.32. The number of aliphatic imine (C=N–C) groups is 1. The fourth-order valence-corrected chi connectivity index (χ4v) is 3.96. The highest BCUT2D eigenvalue weighted by molar-refractivity contribution is 5.99. The molecule has 172 valence electrons. The van der Waals surface area contributed by atoms with Crippen LogP contribution in [0, 0.1) is 5.92 Å². The van der Waals surface area contributed by atoms with Crippen molar-refractivity contribution in [3.8, 4) is 0 Å². The van der Waals surface area contributed by atoms with Gasteiger partial charge in [0.1, 0.15) is 5.76 Å². The zero-order valence-corrected chi connectivity index (χ0v) is 17.2. The maximum Gasteiger partial charge on any atom is 0.416 e. The average molecular weight is 465 g/mol. The Kier molecular flexibility index (Phi) is 4.63. The molecule has 0 saturated carbocycles. The van der Waals surface area contributed by atoms with Gasteiger partial charge in [-0.2, -0.15) is 31.4 Å². The van der Waals surface area contributed by atoms with Crippen molar-refractivity contribution in [1.82, 2.24) is 10.2 Å². The van der Waals surface area contributed by atoms with E-state index >= 15 is 0 Å². The van der Waals surface area contributed by atoms with Crippen LogP contribution in [-0.4, -0.2) is 22.3 Å². The molecule has 0 bridgehead atoms. The Morgan fingerprint density at radius 3 is 2.58 bits per heavy atom. The van der Waals surface area contributed by atoms with Crippen molar-refractivity contribution in [3.63, 3.8) is 0 Å². The van der Waals surface area contributed by atoms with E-state index in [-0.39, 0.29) is 23.4 Å². The Morgan fingerprint density at radius 2 is 1.85 bits per heavy atom. The number of hydrogen-bond acceptors (Lipinski definition) is 3. The molecule has 2 heterocycles. The number of aromatic amines is 1. The molecule has 0 spiro atoms. The van der Waals surface area contributed by atoms with Gasteiger partial charge in [0, 0.05) is 10.9 Å². The van der Waals surface area contributed by atoms with Crippen LogP contribution in [0.15, 0.2) is 59.4 Å². The summed E-state index contributed by atoms with van der Waals surface area (Å²) < 4.78 is 85.1. The Morgan fingerprint density at radius 1 is 1.06 bits per heavy atom. The van der Waals surface area contributed by atoms with Crippen molar-refractivity contribution in [2.75, 3.05) is 0 Å². The fourth-order valence-electron chi connectivity index (χ4n) is 3.96. The number of nitrogens with one attached hydrogen (secondary N) is 1. The summed E-state index contributed by atoms with van der Waals surface area (Å²) in [5.74, 6) is -1.13. The second kappa shape index (κ2) is 7.10. The monoisotopic (exact) mass is 465 g/mol. The van der Waals surface area contributed by atoms with Gasteiger partial charge in [0.25, 0.3) is 0 Å². The van der Waals surface area contributed by atoms with E-state index < -0.39 is 35.8 Å². The Labute approximate surface area is 184 Å². The molecule has 2 unspecified atom stereocenters. The minimum atomic E-state index is -4.72. The number of rotatable bonds is 5. The number of aryl methyl sites for hydroxylation is 1. The van der Waals surface area contributed by atoms with E-state index in [0.717, 1.165) is 29.5 Å². The standard InChI is InChI=1S/C23H17F6N3O/c1-12(22(24,25)26)2-3-13-4-5-14(9-17(13)23(27,28)29)20-31-21(10-19(21)33-20)16-6-7-18-15(8-16)11-30-32-18/h4-12H,2-3H2,1H3,(H,30,32). The summed E-state index contributed by atoms with van der Waals surface area (Å²) in [6, 6.07) is 9.05. The molecular formula is C23H17F6N3O. The first kappa shape index (κ1) is 21.5. The van der Waals surface area contributed by atoms with E-state index in [9.17, 15) is 26.3 Å². The highest BCUT2D eigenvalue weighted by Crippen LogP contribution is 2.53. The zero-order valence-electron chi connectivity index (χ0n) is 17.2. The maximum atomic E-state index is 13.7. The molecule has 4 nitrogen and oxygen atoms in total. The molecule has 1 N–H and O–H groups in total. The molecule has 33 heavy (non-hydrogen) atoms. The molecule has 2 aliphatic rings. The minimum Gasteiger partial charge on any atom is -0.440 e. The molecule has 5 rings (SSSR count). The van der Waals surface area contributed by atoms with Gasteiger partial charge in [0.2, 0.25) is 5.90 Å². The van der Waals surface area contributed by atoms with Crippen LogP contribution in [0.4, 0.5) is 26.3 Å². The summed E-state index contributed by atoms with van der Waals surface area (Å²) in [6.45, 7) is 0.961. The Hall–Kier alpha value is -3.30. The summed E-state index contributed by atoms with van der Waals surface area (Å²) in [5.41, 5.74) is -0.262. The first-order chi connectivity index (χ1) is 15.5. The van der Waals surface area contributed by atoms with Crippen molar-refractivity contribution in [2.45, 2.75) is 37.7 Å². The second-order valence-electron chi connectivity index (χ2n) is 8.32. The number of ether oxygens (including phenoxy) is 1. The van der Waals surface area contributed by atoms with Crippen molar-refractivity contribution in [2.24, 2.45) is 10.9 Å². The van der Waals surface area contributed by atoms with Crippen molar-refractivity contribution in [1.29, 1.82) is 0 Å². The van der Waals surface area contributed by atoms with Crippen LogP contribution in [0.1, 0.15) is 35.6 Å². The van der Waals surface area contributed by atoms with Gasteiger partial charge in [-0.05, 0) is 54.3 Å². The van der Waals surface area contributed by atoms with Gasteiger partial charge in [0.05, 0.1) is 23.2 Å². The van der Waals surface area contributed by atoms with Crippen molar-refractivity contribution >= 4 is 16.8 Å². The summed E-state index contributed by atoms with van der Waals surface area (Å²) in [7, 11) is 0. The van der Waals surface area contributed by atoms with Crippen LogP contribution >= 0.6 is 0 Å². The lowest BCUT2D eigenvalue weighted by molar-refractivity contribution is -0.171. The molecule has 0 fully saturated rings. The molecule has 1 aromatic heterocycles. The van der Waals surface area contributed by atoms with E-state index in [1.807, 2.05) is 18.2 Å². The van der Waals surface area contributed by atoms with Gasteiger partial charge in [-0.1, -0.05) is 19.1 Å². The van der Waals surface area contributed by atoms with Crippen molar-refractivity contribution < 1.29 is 31.1 Å². The van der Waals surface area contributed by atoms with Gasteiger partial charge in [-0.25, -0.2) is 4.99 Å². The molecule has 0 radical (unpaired) electrons. The van der Waals surface area contributed by atoms with Crippen LogP contribution in [0.2, 0.25) is 0 Å². The van der Waals surface area contributed by atoms with Gasteiger partial charge in [-0.15, -0.1) is 0 Å². The first-order valence-electron chi connectivity index (χ1n) is 10.2. The topological polar surface area (TPSA) is 50.3 Å². The first-order valence-corrected chi connectivity index (χ1v) is 10.2. The highest BCUT2D eigenvalue weighted by atomic mass is 19.4. The lowest BCUT2D eigenvalue weighted by Gasteiger charge is -2.18. The summed E-state index contributed by atoms with van der Waals surface area (Å²) in [4.78, 5) is 4.54. The Bertz CT molecular complexity index is 1300. The average Bonchev–Trinajstić information content (AvgIpc) is 3.10. The molecule has 2 aromatic carbocycles. The number of aromatic nitrogens is 2. The van der Waals surface area contributed by atoms with E-state index in [2.05, 4.69) is 15.2 Å². The molecular weight excluding hydrogens is 448 g/mol. The number of fused-ring (bicyclic) bond motifs is 2. The number of hydrogen-bond donors (Lipinski definition) is 1. The van der Waals surface area contributed by atoms with Crippen LogP contribution < -0.4 is 0 Å². The molecule has 3 aromatic rings. The van der Waals surface area contributed by atoms with E-state index in [4.69, 9.17) is 4.74 Å². The lowest BCUT2D eigenvalue weighted by Crippen LogP contribution is -2.21. The van der Waals surface area contributed by atoms with Crippen LogP contribution in [0.5, 0.6) is 0 Å². The summed E-state index contributed by atoms with van der Waals surface area (Å²) in [5, 5.41) is 7.68. The van der Waals surface area contributed by atoms with Crippen LogP contribution in [-0.2, 0) is 22.9 Å². The number of nitrogens with zero attached hydrogens (tertiary/aromatic N) is 2. The molecule has 0 amide bonds. The molecule has 1 aliphatic carbocycles. The summed E-state index contributed by atoms with van der Waals surface area (Å²) in [6.07, 6.45) is -6.52. The summed E-state index contributed by atoms with van der Waals surface area (Å²) >= 11 is 0. The number of benzene rings is 2. The molecule has 2 atom stereocenters. The predicted octanol–water partition coefficient (Wildman–Crippen LogP) is 6.28. The number of H-pyrrole nitrogens is 1. The number of alkyl halides is 6. The van der Waals surface area contributed by atoms with Gasteiger partial charge < -0.3 is 4.74 Å². The van der Waals surface area contributed by atoms with E-state index in [1.54, 1.807) is 12.3 Å². The minimum absolute atomic E-state index is 0.0421. The SMILES string of the molecule is CC(CCc1ccc(C2=NC3(c4ccc5[nH]ncc5c4)C=C3O2)cc1C(F)(F)F)C(F)(F)F. The third-order valence-electron chi connectivity index (χ3n) is 6.06. The van der Waals surface area contributed by atoms with Crippen LogP contribution in [0.3, 0.4) is 0 Å². The maximum absolute atomic E-state index is 13.7. The van der Waals surface area contributed by atoms with E-state index in [0.29, 0.717) is 5.76 Å². The van der Waals surface area contributed by atoms with Gasteiger partial charge in [-0.3, -0.25) is 5.10 Å². The third kappa shape index (κ3) is 3.77. The highest BCUT2D eigenvalue weighted by Gasteiger charge is 2.54. The quantitative estimate of drug-likeness (QED) is 0.451.